The molecule has 0 radical (unpaired) electrons. The van der Waals surface area contributed by atoms with Crippen molar-refractivity contribution in [3.8, 4) is 17.1 Å². The van der Waals surface area contributed by atoms with Gasteiger partial charge in [-0.3, -0.25) is 14.4 Å². The molecule has 0 bridgehead atoms. The molecule has 0 aliphatic carbocycles. The molecule has 10 heteroatoms. The number of halogens is 2. The smallest absolute Gasteiger partial charge is 0.287 e. The van der Waals surface area contributed by atoms with E-state index in [-0.39, 0.29) is 22.8 Å². The number of nitrogens with two attached hydrogens (primary N) is 1. The first kappa shape index (κ1) is 23.8. The van der Waals surface area contributed by atoms with Gasteiger partial charge in [0.2, 0.25) is 5.78 Å². The van der Waals surface area contributed by atoms with Crippen LogP contribution < -0.4 is 11.1 Å². The summed E-state index contributed by atoms with van der Waals surface area (Å²) in [6.07, 6.45) is 3.14. The molecular formula is C25H19ClFN5O3. The fourth-order valence-electron chi connectivity index (χ4n) is 3.51. The van der Waals surface area contributed by atoms with Crippen LogP contribution in [0.2, 0.25) is 5.02 Å². The topological polar surface area (TPSA) is 120 Å². The minimum Gasteiger partial charge on any atom is -0.363 e. The second kappa shape index (κ2) is 10.3. The Bertz CT molecular complexity index is 1410. The van der Waals surface area contributed by atoms with Crippen molar-refractivity contribution >= 4 is 29.2 Å². The van der Waals surface area contributed by atoms with Crippen molar-refractivity contribution in [2.24, 2.45) is 5.73 Å². The molecule has 176 valence electrons. The second-order valence-corrected chi connectivity index (χ2v) is 8.00. The monoisotopic (exact) mass is 491 g/mol. The number of benzene rings is 2. The molecule has 3 N–H and O–H groups in total. The van der Waals surface area contributed by atoms with Crippen LogP contribution in [0.3, 0.4) is 0 Å². The number of rotatable bonds is 8. The summed E-state index contributed by atoms with van der Waals surface area (Å²) in [7, 11) is 0. The van der Waals surface area contributed by atoms with E-state index in [0.717, 1.165) is 5.56 Å². The van der Waals surface area contributed by atoms with Gasteiger partial charge in [-0.25, -0.2) is 14.1 Å². The first-order chi connectivity index (χ1) is 16.8. The number of amides is 2. The molecule has 2 heterocycles. The van der Waals surface area contributed by atoms with Crippen molar-refractivity contribution < 1.29 is 18.8 Å². The Balaban J connectivity index is 1.63. The fourth-order valence-corrected chi connectivity index (χ4v) is 3.77. The fraction of sp³-hybridized carbons (Fsp3) is 0.0800. The molecule has 4 rings (SSSR count). The zero-order valence-electron chi connectivity index (χ0n) is 18.2. The molecule has 2 aromatic heterocycles. The van der Waals surface area contributed by atoms with Gasteiger partial charge in [-0.15, -0.1) is 0 Å². The third-order valence-electron chi connectivity index (χ3n) is 5.19. The van der Waals surface area contributed by atoms with Crippen LogP contribution in [0.15, 0.2) is 79.1 Å². The molecule has 0 saturated heterocycles. The van der Waals surface area contributed by atoms with E-state index in [1.807, 2.05) is 6.07 Å². The Morgan fingerprint density at radius 3 is 2.54 bits per heavy atom. The van der Waals surface area contributed by atoms with Crippen molar-refractivity contribution in [3.63, 3.8) is 0 Å². The molecule has 2 amide bonds. The highest BCUT2D eigenvalue weighted by Crippen LogP contribution is 2.27. The van der Waals surface area contributed by atoms with E-state index < -0.39 is 29.5 Å². The quantitative estimate of drug-likeness (QED) is 0.367. The number of primary amides is 1. The summed E-state index contributed by atoms with van der Waals surface area (Å²) in [6.45, 7) is 0. The number of aromatic nitrogens is 3. The van der Waals surface area contributed by atoms with Gasteiger partial charge in [0, 0.05) is 24.4 Å². The number of pyridine rings is 1. The van der Waals surface area contributed by atoms with Crippen molar-refractivity contribution in [3.05, 3.63) is 101 Å². The van der Waals surface area contributed by atoms with Gasteiger partial charge in [0.25, 0.3) is 11.8 Å². The Hall–Kier alpha value is -4.37. The lowest BCUT2D eigenvalue weighted by molar-refractivity contribution is -0.137. The molecule has 0 saturated carbocycles. The van der Waals surface area contributed by atoms with E-state index in [9.17, 15) is 18.8 Å². The first-order valence-corrected chi connectivity index (χ1v) is 10.9. The third-order valence-corrected chi connectivity index (χ3v) is 5.50. The van der Waals surface area contributed by atoms with E-state index in [1.165, 1.54) is 35.1 Å². The normalized spacial score (nSPS) is 11.6. The summed E-state index contributed by atoms with van der Waals surface area (Å²) in [5.41, 5.74) is 7.01. The average Bonchev–Trinajstić information content (AvgIpc) is 3.33. The highest BCUT2D eigenvalue weighted by molar-refractivity contribution is 6.38. The number of hydrogen-bond acceptors (Lipinski definition) is 5. The van der Waals surface area contributed by atoms with Gasteiger partial charge >= 0.3 is 0 Å². The molecule has 1 atom stereocenters. The maximum Gasteiger partial charge on any atom is 0.287 e. The second-order valence-electron chi connectivity index (χ2n) is 7.59. The Morgan fingerprint density at radius 2 is 1.83 bits per heavy atom. The number of carbonyl (C=O) groups is 3. The molecule has 0 fully saturated rings. The molecular weight excluding hydrogens is 473 g/mol. The van der Waals surface area contributed by atoms with Crippen LogP contribution in [0.1, 0.15) is 15.9 Å². The zero-order valence-corrected chi connectivity index (χ0v) is 18.9. The van der Waals surface area contributed by atoms with Crippen LogP contribution in [0, 0.1) is 5.82 Å². The van der Waals surface area contributed by atoms with E-state index >= 15 is 0 Å². The summed E-state index contributed by atoms with van der Waals surface area (Å²) in [6, 6.07) is 16.4. The predicted octanol–water partition coefficient (Wildman–Crippen LogP) is 3.12. The number of Topliss-reactive ketones (excluding diaryl/α,β-unsaturated/α-hetero) is 1. The molecule has 0 aliphatic rings. The summed E-state index contributed by atoms with van der Waals surface area (Å²) in [4.78, 5) is 41.4. The number of nitrogens with zero attached hydrogens (tertiary/aromatic N) is 3. The van der Waals surface area contributed by atoms with Gasteiger partial charge in [-0.05, 0) is 42.0 Å². The molecule has 8 nitrogen and oxygen atoms in total. The minimum atomic E-state index is -1.17. The number of ketones is 1. The average molecular weight is 492 g/mol. The van der Waals surface area contributed by atoms with Crippen LogP contribution >= 0.6 is 11.6 Å². The molecule has 0 spiro atoms. The summed E-state index contributed by atoms with van der Waals surface area (Å²) < 4.78 is 14.8. The molecule has 0 aliphatic heterocycles. The lowest BCUT2D eigenvalue weighted by atomic mass is 10.0. The minimum absolute atomic E-state index is 0.0823. The zero-order chi connectivity index (χ0) is 24.9. The molecule has 1 unspecified atom stereocenters. The van der Waals surface area contributed by atoms with Gasteiger partial charge in [0.05, 0.1) is 16.3 Å². The Kier molecular flexibility index (Phi) is 6.98. The summed E-state index contributed by atoms with van der Waals surface area (Å²) >= 11 is 6.14. The predicted molar refractivity (Wildman–Crippen MR) is 127 cm³/mol. The highest BCUT2D eigenvalue weighted by atomic mass is 35.5. The summed E-state index contributed by atoms with van der Waals surface area (Å²) in [5, 5.41) is 7.20. The van der Waals surface area contributed by atoms with E-state index in [0.29, 0.717) is 11.3 Å². The lowest BCUT2D eigenvalue weighted by Gasteiger charge is -2.17. The van der Waals surface area contributed by atoms with Crippen LogP contribution in [0.5, 0.6) is 0 Å². The van der Waals surface area contributed by atoms with Crippen LogP contribution in [-0.4, -0.2) is 38.4 Å². The molecule has 2 aromatic carbocycles. The summed E-state index contributed by atoms with van der Waals surface area (Å²) in [5.74, 6) is -3.00. The van der Waals surface area contributed by atoms with E-state index in [2.05, 4.69) is 15.4 Å². The third kappa shape index (κ3) is 5.42. The lowest BCUT2D eigenvalue weighted by Crippen LogP contribution is -2.47. The van der Waals surface area contributed by atoms with Crippen LogP contribution in [-0.2, 0) is 16.0 Å². The Labute approximate surface area is 204 Å². The van der Waals surface area contributed by atoms with E-state index in [4.69, 9.17) is 17.3 Å². The largest absolute Gasteiger partial charge is 0.363 e. The van der Waals surface area contributed by atoms with Crippen molar-refractivity contribution in [1.82, 2.24) is 20.1 Å². The van der Waals surface area contributed by atoms with Crippen LogP contribution in [0.4, 0.5) is 4.39 Å². The maximum absolute atomic E-state index is 13.4. The van der Waals surface area contributed by atoms with Crippen molar-refractivity contribution in [2.75, 3.05) is 0 Å². The van der Waals surface area contributed by atoms with Gasteiger partial charge in [0.1, 0.15) is 11.9 Å². The highest BCUT2D eigenvalue weighted by Gasteiger charge is 2.27. The number of nitrogens with one attached hydrogen (secondary N) is 1. The SMILES string of the molecule is NC(=O)C(=O)C(Cc1ccccc1)NC(=O)c1cccnc1-n1ccc(-c2ccc(F)cc2Cl)n1. The molecule has 35 heavy (non-hydrogen) atoms. The molecule has 4 aromatic rings. The number of hydrogen-bond donors (Lipinski definition) is 2. The van der Waals surface area contributed by atoms with Gasteiger partial charge in [-0.2, -0.15) is 5.10 Å². The first-order valence-electron chi connectivity index (χ1n) is 10.5. The van der Waals surface area contributed by atoms with Crippen LogP contribution in [0.25, 0.3) is 17.1 Å². The van der Waals surface area contributed by atoms with Crippen molar-refractivity contribution in [2.45, 2.75) is 12.5 Å². The van der Waals surface area contributed by atoms with Gasteiger partial charge in [-0.1, -0.05) is 41.9 Å². The Morgan fingerprint density at radius 1 is 1.06 bits per heavy atom. The van der Waals surface area contributed by atoms with Gasteiger partial charge < -0.3 is 11.1 Å². The standard InChI is InChI=1S/C25H19ClFN5O3/c26-19-14-16(27)8-9-17(19)20-10-12-32(31-20)24-18(7-4-11-29-24)25(35)30-21(22(33)23(28)34)13-15-5-2-1-3-6-15/h1-12,14,21H,13H2,(H2,28,34)(H,30,35). The van der Waals surface area contributed by atoms with Crippen molar-refractivity contribution in [1.29, 1.82) is 0 Å². The van der Waals surface area contributed by atoms with E-state index in [1.54, 1.807) is 42.6 Å². The maximum atomic E-state index is 13.4. The number of carbonyl (C=O) groups excluding carboxylic acids is 3. The van der Waals surface area contributed by atoms with Gasteiger partial charge in [0.15, 0.2) is 5.82 Å².